The van der Waals surface area contributed by atoms with Gasteiger partial charge in [0.15, 0.2) is 0 Å². The summed E-state index contributed by atoms with van der Waals surface area (Å²) >= 11 is 0. The third-order valence-electron chi connectivity index (χ3n) is 3.66. The van der Waals surface area contributed by atoms with E-state index in [1.54, 1.807) is 0 Å². The van der Waals surface area contributed by atoms with Crippen LogP contribution in [0.5, 0.6) is 11.5 Å². The summed E-state index contributed by atoms with van der Waals surface area (Å²) in [7, 11) is 0. The van der Waals surface area contributed by atoms with Crippen LogP contribution in [0.1, 0.15) is 30.9 Å². The van der Waals surface area contributed by atoms with E-state index in [0.717, 1.165) is 30.5 Å². The van der Waals surface area contributed by atoms with Gasteiger partial charge in [-0.1, -0.05) is 31.2 Å². The number of nitrogens with one attached hydrogen (secondary N) is 1. The van der Waals surface area contributed by atoms with Crippen molar-refractivity contribution in [2.24, 2.45) is 0 Å². The van der Waals surface area contributed by atoms with Crippen molar-refractivity contribution in [2.75, 3.05) is 0 Å². The molecule has 0 amide bonds. The van der Waals surface area contributed by atoms with Gasteiger partial charge >= 0.3 is 0 Å². The van der Waals surface area contributed by atoms with E-state index in [2.05, 4.69) is 36.5 Å². The number of rotatable bonds is 6. The van der Waals surface area contributed by atoms with Crippen LogP contribution in [0.15, 0.2) is 48.5 Å². The lowest BCUT2D eigenvalue weighted by molar-refractivity contribution is 0.482. The molecule has 20 heavy (non-hydrogen) atoms. The summed E-state index contributed by atoms with van der Waals surface area (Å²) in [4.78, 5) is 0. The summed E-state index contributed by atoms with van der Waals surface area (Å²) < 4.78 is 5.85. The summed E-state index contributed by atoms with van der Waals surface area (Å²) in [5, 5.41) is 3.51. The minimum atomic E-state index is 0.753. The highest BCUT2D eigenvalue weighted by molar-refractivity contribution is 5.34. The van der Waals surface area contributed by atoms with E-state index in [-0.39, 0.29) is 0 Å². The summed E-state index contributed by atoms with van der Waals surface area (Å²) in [6.45, 7) is 3.11. The van der Waals surface area contributed by atoms with Gasteiger partial charge in [-0.15, -0.1) is 0 Å². The Morgan fingerprint density at radius 3 is 1.95 bits per heavy atom. The van der Waals surface area contributed by atoms with Crippen LogP contribution >= 0.6 is 0 Å². The maximum absolute atomic E-state index is 5.85. The van der Waals surface area contributed by atoms with Gasteiger partial charge in [0.05, 0.1) is 0 Å². The van der Waals surface area contributed by atoms with Crippen molar-refractivity contribution in [1.82, 2.24) is 5.32 Å². The number of hydrogen-bond donors (Lipinski definition) is 1. The first-order valence-corrected chi connectivity index (χ1v) is 7.42. The van der Waals surface area contributed by atoms with Crippen LogP contribution in [0.25, 0.3) is 0 Å². The van der Waals surface area contributed by atoms with Gasteiger partial charge < -0.3 is 10.1 Å². The molecule has 0 atom stereocenters. The molecule has 0 aliphatic heterocycles. The van der Waals surface area contributed by atoms with Crippen LogP contribution in [-0.4, -0.2) is 6.04 Å². The van der Waals surface area contributed by atoms with Crippen molar-refractivity contribution in [3.63, 3.8) is 0 Å². The lowest BCUT2D eigenvalue weighted by Gasteiger charge is -2.08. The molecule has 0 spiro atoms. The standard InChI is InChI=1S/C18H21NO/c1-2-14-3-9-17(10-4-14)20-18-11-5-15(6-12-18)13-19-16-7-8-16/h3-6,9-12,16,19H,2,7-8,13H2,1H3. The number of hydrogen-bond acceptors (Lipinski definition) is 2. The SMILES string of the molecule is CCc1ccc(Oc2ccc(CNC3CC3)cc2)cc1. The maximum atomic E-state index is 5.85. The van der Waals surface area contributed by atoms with E-state index < -0.39 is 0 Å². The van der Waals surface area contributed by atoms with Crippen molar-refractivity contribution in [3.05, 3.63) is 59.7 Å². The first-order valence-electron chi connectivity index (χ1n) is 7.42. The molecule has 0 radical (unpaired) electrons. The molecular formula is C18H21NO. The van der Waals surface area contributed by atoms with E-state index >= 15 is 0 Å². The monoisotopic (exact) mass is 267 g/mol. The minimum Gasteiger partial charge on any atom is -0.457 e. The molecule has 0 unspecified atom stereocenters. The van der Waals surface area contributed by atoms with Gasteiger partial charge in [-0.3, -0.25) is 0 Å². The van der Waals surface area contributed by atoms with Crippen LogP contribution < -0.4 is 10.1 Å². The zero-order valence-electron chi connectivity index (χ0n) is 11.9. The van der Waals surface area contributed by atoms with Gasteiger partial charge in [0.2, 0.25) is 0 Å². The van der Waals surface area contributed by atoms with E-state index in [0.29, 0.717) is 0 Å². The molecule has 2 aromatic carbocycles. The molecule has 1 aliphatic carbocycles. The molecule has 1 aliphatic rings. The Balaban J connectivity index is 1.58. The van der Waals surface area contributed by atoms with Gasteiger partial charge in [0, 0.05) is 12.6 Å². The van der Waals surface area contributed by atoms with Crippen LogP contribution in [-0.2, 0) is 13.0 Å². The molecule has 2 heteroatoms. The second kappa shape index (κ2) is 6.10. The first-order chi connectivity index (χ1) is 9.83. The van der Waals surface area contributed by atoms with Crippen LogP contribution in [0.4, 0.5) is 0 Å². The molecular weight excluding hydrogens is 246 g/mol. The van der Waals surface area contributed by atoms with Crippen molar-refractivity contribution in [3.8, 4) is 11.5 Å². The second-order valence-electron chi connectivity index (χ2n) is 5.40. The topological polar surface area (TPSA) is 21.3 Å². The Hall–Kier alpha value is -1.80. The van der Waals surface area contributed by atoms with Crippen molar-refractivity contribution < 1.29 is 4.74 Å². The van der Waals surface area contributed by atoms with Crippen LogP contribution in [0.3, 0.4) is 0 Å². The minimum absolute atomic E-state index is 0.753. The van der Waals surface area contributed by atoms with E-state index in [4.69, 9.17) is 4.74 Å². The lowest BCUT2D eigenvalue weighted by Crippen LogP contribution is -2.14. The molecule has 1 saturated carbocycles. The number of ether oxygens (including phenoxy) is 1. The molecule has 0 bridgehead atoms. The molecule has 0 saturated heterocycles. The summed E-state index contributed by atoms with van der Waals surface area (Å²) in [5.74, 6) is 1.79. The average Bonchev–Trinajstić information content (AvgIpc) is 3.32. The van der Waals surface area contributed by atoms with Crippen LogP contribution in [0, 0.1) is 0 Å². The zero-order chi connectivity index (χ0) is 13.8. The Bertz CT molecular complexity index is 541. The average molecular weight is 267 g/mol. The van der Waals surface area contributed by atoms with Crippen LogP contribution in [0.2, 0.25) is 0 Å². The van der Waals surface area contributed by atoms with E-state index in [1.807, 2.05) is 24.3 Å². The van der Waals surface area contributed by atoms with Crippen molar-refractivity contribution in [1.29, 1.82) is 0 Å². The highest BCUT2D eigenvalue weighted by atomic mass is 16.5. The summed E-state index contributed by atoms with van der Waals surface area (Å²) in [6, 6.07) is 17.4. The molecule has 3 rings (SSSR count). The molecule has 2 aromatic rings. The fourth-order valence-corrected chi connectivity index (χ4v) is 2.15. The quantitative estimate of drug-likeness (QED) is 0.843. The van der Waals surface area contributed by atoms with Crippen molar-refractivity contribution >= 4 is 0 Å². The number of benzene rings is 2. The van der Waals surface area contributed by atoms with Gasteiger partial charge in [-0.2, -0.15) is 0 Å². The molecule has 2 nitrogen and oxygen atoms in total. The van der Waals surface area contributed by atoms with Gasteiger partial charge in [0.25, 0.3) is 0 Å². The van der Waals surface area contributed by atoms with Crippen molar-refractivity contribution in [2.45, 2.75) is 38.8 Å². The first kappa shape index (κ1) is 13.2. The Labute approximate surface area is 120 Å². The largest absolute Gasteiger partial charge is 0.457 e. The summed E-state index contributed by atoms with van der Waals surface area (Å²) in [5.41, 5.74) is 2.64. The lowest BCUT2D eigenvalue weighted by atomic mass is 10.2. The highest BCUT2D eigenvalue weighted by Crippen LogP contribution is 2.23. The maximum Gasteiger partial charge on any atom is 0.127 e. The molecule has 0 heterocycles. The molecule has 104 valence electrons. The highest BCUT2D eigenvalue weighted by Gasteiger charge is 2.19. The summed E-state index contributed by atoms with van der Waals surface area (Å²) in [6.07, 6.45) is 3.72. The Kier molecular flexibility index (Phi) is 4.03. The normalized spacial score (nSPS) is 14.2. The Morgan fingerprint density at radius 2 is 1.45 bits per heavy atom. The Morgan fingerprint density at radius 1 is 0.900 bits per heavy atom. The van der Waals surface area contributed by atoms with Gasteiger partial charge in [0.1, 0.15) is 11.5 Å². The molecule has 0 aromatic heterocycles. The third kappa shape index (κ3) is 3.61. The molecule has 1 fully saturated rings. The van der Waals surface area contributed by atoms with E-state index in [1.165, 1.54) is 24.0 Å². The fourth-order valence-electron chi connectivity index (χ4n) is 2.15. The van der Waals surface area contributed by atoms with E-state index in [9.17, 15) is 0 Å². The second-order valence-corrected chi connectivity index (χ2v) is 5.40. The zero-order valence-corrected chi connectivity index (χ0v) is 11.9. The number of aryl methyl sites for hydroxylation is 1. The molecule has 1 N–H and O–H groups in total. The predicted molar refractivity (Wildman–Crippen MR) is 82.2 cm³/mol. The predicted octanol–water partition coefficient (Wildman–Crippen LogP) is 4.29. The fraction of sp³-hybridized carbons (Fsp3) is 0.333. The third-order valence-corrected chi connectivity index (χ3v) is 3.66. The van der Waals surface area contributed by atoms with Gasteiger partial charge in [-0.05, 0) is 54.7 Å². The van der Waals surface area contributed by atoms with Gasteiger partial charge in [-0.25, -0.2) is 0 Å². The smallest absolute Gasteiger partial charge is 0.127 e.